The zero-order chi connectivity index (χ0) is 10.7. The van der Waals surface area contributed by atoms with Crippen LogP contribution >= 0.6 is 31.9 Å². The van der Waals surface area contributed by atoms with Crippen molar-refractivity contribution in [1.29, 1.82) is 0 Å². The number of carbonyl (C=O) groups is 1. The summed E-state index contributed by atoms with van der Waals surface area (Å²) in [7, 11) is 3.01. The Labute approximate surface area is 99.3 Å². The number of amides is 1. The van der Waals surface area contributed by atoms with E-state index < -0.39 is 0 Å². The summed E-state index contributed by atoms with van der Waals surface area (Å²) in [5.41, 5.74) is 0.553. The average Bonchev–Trinajstić information content (AvgIpc) is 2.16. The molecule has 0 radical (unpaired) electrons. The second-order valence-corrected chi connectivity index (χ2v) is 4.29. The fraction of sp³-hybridized carbons (Fsp3) is 0.222. The van der Waals surface area contributed by atoms with E-state index >= 15 is 0 Å². The van der Waals surface area contributed by atoms with Crippen molar-refractivity contribution in [2.45, 2.75) is 0 Å². The van der Waals surface area contributed by atoms with Gasteiger partial charge < -0.3 is 0 Å². The number of hydrogen-bond donors (Lipinski definition) is 0. The van der Waals surface area contributed by atoms with E-state index in [1.807, 2.05) is 18.2 Å². The molecule has 0 heterocycles. The molecular weight excluding hydrogens is 314 g/mol. The SMILES string of the molecule is CON(C)C(=O)c1c(Br)cccc1Br. The Morgan fingerprint density at radius 2 is 1.86 bits per heavy atom. The first-order chi connectivity index (χ1) is 6.57. The molecule has 0 aliphatic rings. The van der Waals surface area contributed by atoms with Crippen molar-refractivity contribution in [1.82, 2.24) is 5.06 Å². The van der Waals surface area contributed by atoms with Gasteiger partial charge in [-0.3, -0.25) is 9.63 Å². The Hall–Kier alpha value is -0.390. The van der Waals surface area contributed by atoms with Gasteiger partial charge in [-0.05, 0) is 44.0 Å². The summed E-state index contributed by atoms with van der Waals surface area (Å²) in [5, 5.41) is 1.17. The molecule has 0 aliphatic carbocycles. The van der Waals surface area contributed by atoms with Crippen LogP contribution in [0.2, 0.25) is 0 Å². The monoisotopic (exact) mass is 321 g/mol. The summed E-state index contributed by atoms with van der Waals surface area (Å²) < 4.78 is 1.47. The zero-order valence-electron chi connectivity index (χ0n) is 7.75. The van der Waals surface area contributed by atoms with Crippen LogP contribution in [0.25, 0.3) is 0 Å². The number of hydrogen-bond acceptors (Lipinski definition) is 2. The maximum absolute atomic E-state index is 11.8. The third-order valence-electron chi connectivity index (χ3n) is 1.74. The summed E-state index contributed by atoms with van der Waals surface area (Å²) >= 11 is 6.62. The van der Waals surface area contributed by atoms with Gasteiger partial charge in [0.25, 0.3) is 5.91 Å². The average molecular weight is 323 g/mol. The van der Waals surface area contributed by atoms with Crippen LogP contribution in [0.1, 0.15) is 10.4 Å². The molecule has 1 rings (SSSR count). The number of hydroxylamine groups is 2. The highest BCUT2D eigenvalue weighted by Crippen LogP contribution is 2.26. The zero-order valence-corrected chi connectivity index (χ0v) is 10.9. The number of halogens is 2. The minimum atomic E-state index is -0.202. The Bertz CT molecular complexity index is 334. The number of rotatable bonds is 2. The lowest BCUT2D eigenvalue weighted by atomic mass is 10.2. The molecule has 1 amide bonds. The number of benzene rings is 1. The second-order valence-electron chi connectivity index (χ2n) is 2.58. The molecule has 1 aromatic carbocycles. The van der Waals surface area contributed by atoms with Gasteiger partial charge in [0.1, 0.15) is 0 Å². The maximum Gasteiger partial charge on any atom is 0.279 e. The Morgan fingerprint density at radius 3 is 2.29 bits per heavy atom. The van der Waals surface area contributed by atoms with Gasteiger partial charge in [-0.2, -0.15) is 0 Å². The van der Waals surface area contributed by atoms with Crippen LogP contribution in [0.15, 0.2) is 27.1 Å². The standard InChI is InChI=1S/C9H9Br2NO2/c1-12(14-2)9(13)8-6(10)4-3-5-7(8)11/h3-5H,1-2H3. The lowest BCUT2D eigenvalue weighted by molar-refractivity contribution is -0.0758. The normalized spacial score (nSPS) is 10.0. The van der Waals surface area contributed by atoms with Crippen LogP contribution in [0.5, 0.6) is 0 Å². The Morgan fingerprint density at radius 1 is 1.36 bits per heavy atom. The Kier molecular flexibility index (Phi) is 4.10. The largest absolute Gasteiger partial charge is 0.279 e. The van der Waals surface area contributed by atoms with Crippen molar-refractivity contribution in [2.24, 2.45) is 0 Å². The van der Waals surface area contributed by atoms with Crippen molar-refractivity contribution < 1.29 is 9.63 Å². The third-order valence-corrected chi connectivity index (χ3v) is 3.06. The first-order valence-electron chi connectivity index (χ1n) is 3.84. The molecule has 0 aliphatic heterocycles. The van der Waals surface area contributed by atoms with Gasteiger partial charge in [0.2, 0.25) is 0 Å². The van der Waals surface area contributed by atoms with Crippen molar-refractivity contribution in [3.63, 3.8) is 0 Å². The maximum atomic E-state index is 11.8. The van der Waals surface area contributed by atoms with Crippen molar-refractivity contribution >= 4 is 37.8 Å². The van der Waals surface area contributed by atoms with Crippen molar-refractivity contribution in [3.8, 4) is 0 Å². The van der Waals surface area contributed by atoms with Crippen molar-refractivity contribution in [2.75, 3.05) is 14.2 Å². The summed E-state index contributed by atoms with van der Waals surface area (Å²) in [5.74, 6) is -0.202. The van der Waals surface area contributed by atoms with Gasteiger partial charge in [-0.1, -0.05) is 6.07 Å². The van der Waals surface area contributed by atoms with Gasteiger partial charge >= 0.3 is 0 Å². The molecule has 0 saturated heterocycles. The topological polar surface area (TPSA) is 29.5 Å². The number of nitrogens with zero attached hydrogens (tertiary/aromatic N) is 1. The fourth-order valence-electron chi connectivity index (χ4n) is 0.942. The van der Waals surface area contributed by atoms with Crippen LogP contribution in [-0.2, 0) is 4.84 Å². The first kappa shape index (κ1) is 11.7. The van der Waals surface area contributed by atoms with Crippen LogP contribution in [0.3, 0.4) is 0 Å². The van der Waals surface area contributed by atoms with Gasteiger partial charge in [-0.25, -0.2) is 5.06 Å². The van der Waals surface area contributed by atoms with Crippen LogP contribution < -0.4 is 0 Å². The predicted octanol–water partition coefficient (Wildman–Crippen LogP) is 2.85. The van der Waals surface area contributed by atoms with E-state index in [4.69, 9.17) is 4.84 Å². The summed E-state index contributed by atoms with van der Waals surface area (Å²) in [4.78, 5) is 16.6. The van der Waals surface area contributed by atoms with Crippen molar-refractivity contribution in [3.05, 3.63) is 32.7 Å². The molecule has 0 fully saturated rings. The molecule has 1 aromatic rings. The molecule has 0 atom stereocenters. The predicted molar refractivity (Wildman–Crippen MR) is 60.9 cm³/mol. The molecule has 76 valence electrons. The first-order valence-corrected chi connectivity index (χ1v) is 5.42. The summed E-state index contributed by atoms with van der Waals surface area (Å²) in [6.45, 7) is 0. The molecule has 5 heteroatoms. The summed E-state index contributed by atoms with van der Waals surface area (Å²) in [6, 6.07) is 5.46. The second kappa shape index (κ2) is 4.91. The smallest absolute Gasteiger partial charge is 0.274 e. The highest BCUT2D eigenvalue weighted by Gasteiger charge is 2.17. The molecule has 0 aromatic heterocycles. The minimum Gasteiger partial charge on any atom is -0.274 e. The van der Waals surface area contributed by atoms with E-state index in [-0.39, 0.29) is 5.91 Å². The molecule has 3 nitrogen and oxygen atoms in total. The molecular formula is C9H9Br2NO2. The minimum absolute atomic E-state index is 0.202. The van der Waals surface area contributed by atoms with E-state index in [0.29, 0.717) is 5.56 Å². The van der Waals surface area contributed by atoms with Gasteiger partial charge in [0.15, 0.2) is 0 Å². The van der Waals surface area contributed by atoms with E-state index in [9.17, 15) is 4.79 Å². The van der Waals surface area contributed by atoms with Crippen LogP contribution in [0.4, 0.5) is 0 Å². The van der Waals surface area contributed by atoms with Gasteiger partial charge in [0.05, 0.1) is 12.7 Å². The fourth-order valence-corrected chi connectivity index (χ4v) is 2.28. The highest BCUT2D eigenvalue weighted by atomic mass is 79.9. The number of carbonyl (C=O) groups excluding carboxylic acids is 1. The summed E-state index contributed by atoms with van der Waals surface area (Å²) in [6.07, 6.45) is 0. The molecule has 0 spiro atoms. The van der Waals surface area contributed by atoms with Gasteiger partial charge in [0, 0.05) is 16.0 Å². The lowest BCUT2D eigenvalue weighted by Crippen LogP contribution is -2.26. The quantitative estimate of drug-likeness (QED) is 0.784. The molecule has 14 heavy (non-hydrogen) atoms. The molecule has 0 N–H and O–H groups in total. The third kappa shape index (κ3) is 2.34. The van der Waals surface area contributed by atoms with Gasteiger partial charge in [-0.15, -0.1) is 0 Å². The lowest BCUT2D eigenvalue weighted by Gasteiger charge is -2.15. The van der Waals surface area contributed by atoms with E-state index in [2.05, 4.69) is 31.9 Å². The Balaban J connectivity index is 3.12. The van der Waals surface area contributed by atoms with E-state index in [0.717, 1.165) is 8.95 Å². The van der Waals surface area contributed by atoms with E-state index in [1.165, 1.54) is 12.2 Å². The molecule has 0 unspecified atom stereocenters. The van der Waals surface area contributed by atoms with Crippen LogP contribution in [0, 0.1) is 0 Å². The van der Waals surface area contributed by atoms with E-state index in [1.54, 1.807) is 7.05 Å². The van der Waals surface area contributed by atoms with Crippen LogP contribution in [-0.4, -0.2) is 25.1 Å². The molecule has 0 saturated carbocycles. The highest BCUT2D eigenvalue weighted by molar-refractivity contribution is 9.11. The molecule has 0 bridgehead atoms.